The van der Waals surface area contributed by atoms with E-state index in [4.69, 9.17) is 15.2 Å². The third-order valence-electron chi connectivity index (χ3n) is 6.82. The van der Waals surface area contributed by atoms with E-state index in [9.17, 15) is 10.1 Å². The number of nitrogen functional groups attached to an aromatic ring is 1. The van der Waals surface area contributed by atoms with Crippen LogP contribution in [-0.2, 0) is 11.8 Å². The molecule has 0 bridgehead atoms. The molecule has 10 nitrogen and oxygen atoms in total. The normalized spacial score (nSPS) is 12.0. The molecular formula is C30H29FN6O4. The predicted molar refractivity (Wildman–Crippen MR) is 154 cm³/mol. The molecule has 0 saturated heterocycles. The first kappa shape index (κ1) is 27.7. The topological polar surface area (TPSA) is 131 Å². The summed E-state index contributed by atoms with van der Waals surface area (Å²) in [4.78, 5) is 23.9. The molecule has 0 saturated carbocycles. The highest BCUT2D eigenvalue weighted by Crippen LogP contribution is 2.46. The van der Waals surface area contributed by atoms with Gasteiger partial charge < -0.3 is 19.8 Å². The number of fused-ring (bicyclic) bond motifs is 1. The highest BCUT2D eigenvalue weighted by atomic mass is 19.1. The van der Waals surface area contributed by atoms with Gasteiger partial charge in [0.25, 0.3) is 5.69 Å². The molecule has 0 aliphatic rings. The van der Waals surface area contributed by atoms with E-state index in [1.54, 1.807) is 43.3 Å². The molecule has 2 aromatic carbocycles. The molecule has 0 radical (unpaired) electrons. The van der Waals surface area contributed by atoms with E-state index in [0.717, 1.165) is 12.1 Å². The van der Waals surface area contributed by atoms with Gasteiger partial charge in [-0.15, -0.1) is 0 Å². The molecule has 0 spiro atoms. The second-order valence-electron chi connectivity index (χ2n) is 9.62. The molecule has 3 heterocycles. The molecule has 5 aromatic rings. The lowest BCUT2D eigenvalue weighted by molar-refractivity contribution is -0.384. The van der Waals surface area contributed by atoms with Gasteiger partial charge in [0.05, 0.1) is 22.1 Å². The van der Waals surface area contributed by atoms with Gasteiger partial charge in [0.1, 0.15) is 17.8 Å². The van der Waals surface area contributed by atoms with E-state index in [1.165, 1.54) is 18.5 Å². The minimum Gasteiger partial charge on any atom is -0.436 e. The van der Waals surface area contributed by atoms with Crippen LogP contribution in [0.2, 0.25) is 0 Å². The minimum atomic E-state index is -0.662. The standard InChI is InChI=1S/C30H29FN6O4/c1-5-15-40-18(3)24-21(13-14-22(27(24)31)41-23-8-6-7-17(2)35-23)25-26-29(32)33-16-34-30(26)36(4)28(25)19-9-11-20(12-10-19)37(38)39/h6-14,16,18H,5,15H2,1-4H3,(H2,32,33,34). The summed E-state index contributed by atoms with van der Waals surface area (Å²) in [5.41, 5.74) is 10.3. The van der Waals surface area contributed by atoms with E-state index in [2.05, 4.69) is 15.0 Å². The molecule has 41 heavy (non-hydrogen) atoms. The van der Waals surface area contributed by atoms with Crippen molar-refractivity contribution in [3.63, 3.8) is 0 Å². The van der Waals surface area contributed by atoms with Crippen molar-refractivity contribution < 1.29 is 18.8 Å². The van der Waals surface area contributed by atoms with Crippen LogP contribution in [0.4, 0.5) is 15.9 Å². The number of benzene rings is 2. The van der Waals surface area contributed by atoms with Gasteiger partial charge in [-0.25, -0.2) is 19.3 Å². The van der Waals surface area contributed by atoms with Crippen molar-refractivity contribution in [1.29, 1.82) is 0 Å². The predicted octanol–water partition coefficient (Wildman–Crippen LogP) is 6.92. The summed E-state index contributed by atoms with van der Waals surface area (Å²) in [5.74, 6) is -0.128. The summed E-state index contributed by atoms with van der Waals surface area (Å²) in [5, 5.41) is 11.8. The van der Waals surface area contributed by atoms with Gasteiger partial charge >= 0.3 is 0 Å². The lowest BCUT2D eigenvalue weighted by Crippen LogP contribution is -2.08. The molecule has 0 amide bonds. The van der Waals surface area contributed by atoms with Crippen molar-refractivity contribution in [1.82, 2.24) is 19.5 Å². The number of non-ortho nitro benzene ring substituents is 1. The molecule has 1 unspecified atom stereocenters. The summed E-state index contributed by atoms with van der Waals surface area (Å²) in [6.07, 6.45) is 1.44. The molecule has 2 N–H and O–H groups in total. The number of nitrogens with two attached hydrogens (primary N) is 1. The van der Waals surface area contributed by atoms with Crippen molar-refractivity contribution in [2.24, 2.45) is 7.05 Å². The average Bonchev–Trinajstić information content (AvgIpc) is 3.26. The van der Waals surface area contributed by atoms with Crippen molar-refractivity contribution >= 4 is 22.5 Å². The lowest BCUT2D eigenvalue weighted by atomic mass is 9.92. The highest BCUT2D eigenvalue weighted by Gasteiger charge is 2.29. The maximum absolute atomic E-state index is 16.5. The largest absolute Gasteiger partial charge is 0.436 e. The molecule has 0 fully saturated rings. The van der Waals surface area contributed by atoms with Crippen molar-refractivity contribution in [3.8, 4) is 34.0 Å². The number of nitrogens with zero attached hydrogens (tertiary/aromatic N) is 5. The molecule has 1 atom stereocenters. The van der Waals surface area contributed by atoms with Gasteiger partial charge in [0.15, 0.2) is 11.6 Å². The van der Waals surface area contributed by atoms with Crippen LogP contribution in [0.25, 0.3) is 33.4 Å². The van der Waals surface area contributed by atoms with Gasteiger partial charge in [-0.2, -0.15) is 0 Å². The minimum absolute atomic E-state index is 0.00450. The van der Waals surface area contributed by atoms with Crippen LogP contribution in [0.1, 0.15) is 37.6 Å². The number of rotatable bonds is 9. The van der Waals surface area contributed by atoms with Gasteiger partial charge in [-0.3, -0.25) is 10.1 Å². The van der Waals surface area contributed by atoms with Gasteiger partial charge in [-0.1, -0.05) is 13.0 Å². The quantitative estimate of drug-likeness (QED) is 0.153. The third-order valence-corrected chi connectivity index (χ3v) is 6.82. The summed E-state index contributed by atoms with van der Waals surface area (Å²) >= 11 is 0. The first-order valence-corrected chi connectivity index (χ1v) is 13.1. The molecule has 210 valence electrons. The van der Waals surface area contributed by atoms with Crippen LogP contribution in [0.3, 0.4) is 0 Å². The second kappa shape index (κ2) is 11.3. The number of nitro groups is 1. The van der Waals surface area contributed by atoms with Crippen molar-refractivity contribution in [2.45, 2.75) is 33.3 Å². The molecule has 0 aliphatic heterocycles. The molecular weight excluding hydrogens is 527 g/mol. The molecule has 3 aromatic heterocycles. The number of hydrogen-bond donors (Lipinski definition) is 1. The maximum Gasteiger partial charge on any atom is 0.269 e. The Kier molecular flexibility index (Phi) is 7.62. The van der Waals surface area contributed by atoms with E-state index < -0.39 is 16.8 Å². The number of aromatic nitrogens is 4. The maximum atomic E-state index is 16.5. The molecule has 5 rings (SSSR count). The number of hydrogen-bond acceptors (Lipinski definition) is 8. The number of aryl methyl sites for hydroxylation is 2. The zero-order chi connectivity index (χ0) is 29.3. The Morgan fingerprint density at radius 1 is 1.12 bits per heavy atom. The number of anilines is 1. The number of halogens is 1. The Labute approximate surface area is 235 Å². The fourth-order valence-corrected chi connectivity index (χ4v) is 4.95. The smallest absolute Gasteiger partial charge is 0.269 e. The van der Waals surface area contributed by atoms with Crippen molar-refractivity contribution in [2.75, 3.05) is 12.3 Å². The lowest BCUT2D eigenvalue weighted by Gasteiger charge is -2.21. The van der Waals surface area contributed by atoms with E-state index in [-0.39, 0.29) is 28.7 Å². The monoisotopic (exact) mass is 556 g/mol. The summed E-state index contributed by atoms with van der Waals surface area (Å²) in [7, 11) is 1.81. The number of nitro benzene ring substituents is 1. The SMILES string of the molecule is CCCOC(C)c1c(-c2c(-c3ccc([N+](=O)[O-])cc3)n(C)c3ncnc(N)c23)ccc(Oc2cccc(C)n2)c1F. The van der Waals surface area contributed by atoms with E-state index in [0.29, 0.717) is 40.0 Å². The average molecular weight is 557 g/mol. The molecule has 11 heteroatoms. The Hall–Kier alpha value is -4.90. The van der Waals surface area contributed by atoms with Gasteiger partial charge in [0, 0.05) is 48.7 Å². The van der Waals surface area contributed by atoms with E-state index in [1.807, 2.05) is 31.5 Å². The Morgan fingerprint density at radius 2 is 1.88 bits per heavy atom. The van der Waals surface area contributed by atoms with Crippen LogP contribution in [0.5, 0.6) is 11.6 Å². The van der Waals surface area contributed by atoms with Gasteiger partial charge in [0.2, 0.25) is 5.88 Å². The fourth-order valence-electron chi connectivity index (χ4n) is 4.95. The Morgan fingerprint density at radius 3 is 2.56 bits per heavy atom. The highest BCUT2D eigenvalue weighted by molar-refractivity contribution is 6.08. The Balaban J connectivity index is 1.79. The summed E-state index contributed by atoms with van der Waals surface area (Å²) in [6, 6.07) is 14.7. The zero-order valence-electron chi connectivity index (χ0n) is 23.1. The van der Waals surface area contributed by atoms with E-state index >= 15 is 4.39 Å². The summed E-state index contributed by atoms with van der Waals surface area (Å²) in [6.45, 7) is 6.00. The van der Waals surface area contributed by atoms with Crippen molar-refractivity contribution in [3.05, 3.63) is 88.1 Å². The number of ether oxygens (including phenoxy) is 2. The second-order valence-corrected chi connectivity index (χ2v) is 9.62. The molecule has 0 aliphatic carbocycles. The third kappa shape index (κ3) is 5.19. The fraction of sp³-hybridized carbons (Fsp3) is 0.233. The zero-order valence-corrected chi connectivity index (χ0v) is 23.1. The van der Waals surface area contributed by atoms with Crippen LogP contribution >= 0.6 is 0 Å². The first-order chi connectivity index (χ1) is 19.7. The summed E-state index contributed by atoms with van der Waals surface area (Å²) < 4.78 is 30.2. The first-order valence-electron chi connectivity index (χ1n) is 13.1. The van der Waals surface area contributed by atoms with Crippen LogP contribution in [-0.4, -0.2) is 31.0 Å². The number of pyridine rings is 1. The van der Waals surface area contributed by atoms with Gasteiger partial charge in [-0.05, 0) is 61.7 Å². The Bertz CT molecular complexity index is 1750. The van der Waals surface area contributed by atoms with Crippen LogP contribution < -0.4 is 10.5 Å². The van der Waals surface area contributed by atoms with Crippen LogP contribution in [0.15, 0.2) is 60.9 Å². The van der Waals surface area contributed by atoms with Crippen LogP contribution in [0, 0.1) is 22.9 Å².